The summed E-state index contributed by atoms with van der Waals surface area (Å²) in [6.45, 7) is 1.73. The Labute approximate surface area is 134 Å². The van der Waals surface area contributed by atoms with Gasteiger partial charge in [-0.25, -0.2) is 8.42 Å². The molecule has 20 heavy (non-hydrogen) atoms. The van der Waals surface area contributed by atoms with E-state index in [-0.39, 0.29) is 9.92 Å². The van der Waals surface area contributed by atoms with Crippen LogP contribution in [-0.2, 0) is 10.0 Å². The van der Waals surface area contributed by atoms with Crippen molar-refractivity contribution in [3.8, 4) is 6.07 Å². The SMILES string of the molecule is Cc1sc(Br)cc1S(=O)(=O)Nc1ccc(C#N)c(Cl)c1. The lowest BCUT2D eigenvalue weighted by atomic mass is 10.2. The van der Waals surface area contributed by atoms with Gasteiger partial charge in [-0.3, -0.25) is 4.72 Å². The largest absolute Gasteiger partial charge is 0.280 e. The maximum Gasteiger partial charge on any atom is 0.263 e. The van der Waals surface area contributed by atoms with Crippen molar-refractivity contribution in [2.24, 2.45) is 0 Å². The number of hydrogen-bond acceptors (Lipinski definition) is 4. The zero-order chi connectivity index (χ0) is 14.9. The normalized spacial score (nSPS) is 11.1. The van der Waals surface area contributed by atoms with Crippen LogP contribution < -0.4 is 4.72 Å². The Bertz CT molecular complexity index is 809. The quantitative estimate of drug-likeness (QED) is 0.854. The van der Waals surface area contributed by atoms with Crippen LogP contribution in [0.5, 0.6) is 0 Å². The number of hydrogen-bond donors (Lipinski definition) is 1. The van der Waals surface area contributed by atoms with Crippen molar-refractivity contribution in [1.82, 2.24) is 0 Å². The lowest BCUT2D eigenvalue weighted by Crippen LogP contribution is -2.13. The van der Waals surface area contributed by atoms with Crippen LogP contribution in [0.25, 0.3) is 0 Å². The van der Waals surface area contributed by atoms with E-state index in [2.05, 4.69) is 20.7 Å². The highest BCUT2D eigenvalue weighted by atomic mass is 79.9. The first-order valence-corrected chi connectivity index (χ1v) is 8.79. The second kappa shape index (κ2) is 5.74. The van der Waals surface area contributed by atoms with Gasteiger partial charge in [-0.05, 0) is 47.1 Å². The molecule has 0 spiro atoms. The molecule has 1 aromatic heterocycles. The average molecular weight is 392 g/mol. The molecule has 0 saturated carbocycles. The Morgan fingerprint density at radius 2 is 2.10 bits per heavy atom. The van der Waals surface area contributed by atoms with E-state index < -0.39 is 10.0 Å². The van der Waals surface area contributed by atoms with Crippen LogP contribution >= 0.6 is 38.9 Å². The number of benzene rings is 1. The van der Waals surface area contributed by atoms with Gasteiger partial charge in [0.15, 0.2) is 0 Å². The first-order chi connectivity index (χ1) is 9.33. The second-order valence-corrected chi connectivity index (χ2v) is 8.58. The summed E-state index contributed by atoms with van der Waals surface area (Å²) >= 11 is 10.5. The van der Waals surface area contributed by atoms with Crippen molar-refractivity contribution in [2.75, 3.05) is 4.72 Å². The maximum absolute atomic E-state index is 12.3. The highest BCUT2D eigenvalue weighted by molar-refractivity contribution is 9.11. The number of nitriles is 1. The third kappa shape index (κ3) is 3.15. The van der Waals surface area contributed by atoms with E-state index in [4.69, 9.17) is 16.9 Å². The minimum Gasteiger partial charge on any atom is -0.280 e. The van der Waals surface area contributed by atoms with Gasteiger partial charge in [0.2, 0.25) is 0 Å². The van der Waals surface area contributed by atoms with Crippen LogP contribution in [-0.4, -0.2) is 8.42 Å². The van der Waals surface area contributed by atoms with Crippen molar-refractivity contribution in [3.63, 3.8) is 0 Å². The Morgan fingerprint density at radius 1 is 1.40 bits per heavy atom. The molecule has 0 saturated heterocycles. The van der Waals surface area contributed by atoms with Crippen molar-refractivity contribution >= 4 is 54.6 Å². The highest BCUT2D eigenvalue weighted by Gasteiger charge is 2.19. The van der Waals surface area contributed by atoms with Gasteiger partial charge in [0.05, 0.1) is 20.1 Å². The zero-order valence-corrected chi connectivity index (χ0v) is 14.1. The molecule has 0 fully saturated rings. The van der Waals surface area contributed by atoms with Crippen LogP contribution in [0.1, 0.15) is 10.4 Å². The third-order valence-electron chi connectivity index (χ3n) is 2.47. The van der Waals surface area contributed by atoms with Crippen molar-refractivity contribution in [2.45, 2.75) is 11.8 Å². The van der Waals surface area contributed by atoms with Gasteiger partial charge >= 0.3 is 0 Å². The summed E-state index contributed by atoms with van der Waals surface area (Å²) in [5.41, 5.74) is 0.611. The second-order valence-electron chi connectivity index (χ2n) is 3.88. The number of anilines is 1. The molecule has 0 unspecified atom stereocenters. The summed E-state index contributed by atoms with van der Waals surface area (Å²) in [6, 6.07) is 7.84. The minimum atomic E-state index is -3.67. The molecule has 0 bridgehead atoms. The fraction of sp³-hybridized carbons (Fsp3) is 0.0833. The van der Waals surface area contributed by atoms with Gasteiger partial charge < -0.3 is 0 Å². The summed E-state index contributed by atoms with van der Waals surface area (Å²) in [5, 5.41) is 8.99. The Kier molecular flexibility index (Phi) is 4.39. The van der Waals surface area contributed by atoms with Gasteiger partial charge in [-0.15, -0.1) is 11.3 Å². The van der Waals surface area contributed by atoms with E-state index in [0.717, 1.165) is 3.79 Å². The van der Waals surface area contributed by atoms with Crippen LogP contribution in [0, 0.1) is 18.3 Å². The predicted molar refractivity (Wildman–Crippen MR) is 83.7 cm³/mol. The summed E-state index contributed by atoms with van der Waals surface area (Å²) in [5.74, 6) is 0. The summed E-state index contributed by atoms with van der Waals surface area (Å²) < 4.78 is 27.7. The minimum absolute atomic E-state index is 0.205. The van der Waals surface area contributed by atoms with Crippen LogP contribution in [0.4, 0.5) is 5.69 Å². The first kappa shape index (κ1) is 15.3. The molecule has 104 valence electrons. The van der Waals surface area contributed by atoms with E-state index in [9.17, 15) is 8.42 Å². The molecule has 2 aromatic rings. The van der Waals surface area contributed by atoms with Crippen molar-refractivity contribution in [3.05, 3.63) is 43.5 Å². The number of nitrogens with one attached hydrogen (secondary N) is 1. The monoisotopic (exact) mass is 390 g/mol. The Morgan fingerprint density at radius 3 is 2.60 bits per heavy atom. The molecule has 0 radical (unpaired) electrons. The van der Waals surface area contributed by atoms with Gasteiger partial charge in [-0.2, -0.15) is 5.26 Å². The molecule has 0 atom stereocenters. The number of aryl methyl sites for hydroxylation is 1. The number of sulfonamides is 1. The molecule has 0 aliphatic carbocycles. The van der Waals surface area contributed by atoms with E-state index in [0.29, 0.717) is 16.1 Å². The highest BCUT2D eigenvalue weighted by Crippen LogP contribution is 2.31. The van der Waals surface area contributed by atoms with E-state index >= 15 is 0 Å². The van der Waals surface area contributed by atoms with Crippen LogP contribution in [0.3, 0.4) is 0 Å². The molecule has 0 aliphatic rings. The molecular weight excluding hydrogens is 384 g/mol. The van der Waals surface area contributed by atoms with Crippen molar-refractivity contribution < 1.29 is 8.42 Å². The molecule has 1 aromatic carbocycles. The maximum atomic E-state index is 12.3. The average Bonchev–Trinajstić information content (AvgIpc) is 2.69. The molecular formula is C12H8BrClN2O2S2. The summed E-state index contributed by atoms with van der Waals surface area (Å²) in [4.78, 5) is 0.902. The third-order valence-corrected chi connectivity index (χ3v) is 5.98. The van der Waals surface area contributed by atoms with E-state index in [1.54, 1.807) is 13.0 Å². The first-order valence-electron chi connectivity index (χ1n) is 5.32. The summed E-state index contributed by atoms with van der Waals surface area (Å²) in [7, 11) is -3.67. The molecule has 1 N–H and O–H groups in total. The van der Waals surface area contributed by atoms with Crippen LogP contribution in [0.2, 0.25) is 5.02 Å². The van der Waals surface area contributed by atoms with Gasteiger partial charge in [0.1, 0.15) is 11.0 Å². The molecule has 1 heterocycles. The number of halogens is 2. The lowest BCUT2D eigenvalue weighted by molar-refractivity contribution is 0.601. The standard InChI is InChI=1S/C12H8BrClN2O2S2/c1-7-11(5-12(13)19-7)20(17,18)16-9-3-2-8(6-15)10(14)4-9/h2-5,16H,1H3. The van der Waals surface area contributed by atoms with E-state index in [1.165, 1.54) is 29.5 Å². The van der Waals surface area contributed by atoms with Gasteiger partial charge in [0, 0.05) is 4.88 Å². The smallest absolute Gasteiger partial charge is 0.263 e. The molecule has 4 nitrogen and oxygen atoms in total. The summed E-state index contributed by atoms with van der Waals surface area (Å²) in [6.07, 6.45) is 0. The fourth-order valence-electron chi connectivity index (χ4n) is 1.58. The van der Waals surface area contributed by atoms with Gasteiger partial charge in [0.25, 0.3) is 10.0 Å². The van der Waals surface area contributed by atoms with Crippen LogP contribution in [0.15, 0.2) is 32.9 Å². The van der Waals surface area contributed by atoms with E-state index in [1.807, 2.05) is 6.07 Å². The molecule has 2 rings (SSSR count). The lowest BCUT2D eigenvalue weighted by Gasteiger charge is -2.08. The zero-order valence-electron chi connectivity index (χ0n) is 10.1. The molecule has 8 heteroatoms. The fourth-order valence-corrected chi connectivity index (χ4v) is 5.26. The van der Waals surface area contributed by atoms with Crippen molar-refractivity contribution in [1.29, 1.82) is 5.26 Å². The van der Waals surface area contributed by atoms with Gasteiger partial charge in [-0.1, -0.05) is 11.6 Å². The molecule has 0 aliphatic heterocycles. The number of nitrogens with zero attached hydrogens (tertiary/aromatic N) is 1. The Hall–Kier alpha value is -1.07. The molecule has 0 amide bonds. The topological polar surface area (TPSA) is 70.0 Å². The number of rotatable bonds is 3. The predicted octanol–water partition coefficient (Wildman–Crippen LogP) is 4.14. The number of thiophene rings is 1. The Balaban J connectivity index is 2.36.